The van der Waals surface area contributed by atoms with Gasteiger partial charge in [0.1, 0.15) is 23.1 Å². The molecule has 1 atom stereocenters. The van der Waals surface area contributed by atoms with Crippen molar-refractivity contribution in [2.24, 2.45) is 0 Å². The Kier molecular flexibility index (Phi) is 4.67. The van der Waals surface area contributed by atoms with Crippen LogP contribution >= 0.6 is 0 Å². The number of aromatic amines is 1. The van der Waals surface area contributed by atoms with E-state index in [9.17, 15) is 14.4 Å². The van der Waals surface area contributed by atoms with Crippen molar-refractivity contribution in [3.63, 3.8) is 0 Å². The SMILES string of the molecule is CCC(Nc1c(Nc2cc(C#N)c[nH]c2=O)c(=O)c1=O)c1ccccc1. The van der Waals surface area contributed by atoms with E-state index in [-0.39, 0.29) is 28.7 Å². The molecule has 0 saturated carbocycles. The molecule has 0 aliphatic heterocycles. The largest absolute Gasteiger partial charge is 0.373 e. The fraction of sp³-hybridized carbons (Fsp3) is 0.158. The van der Waals surface area contributed by atoms with Gasteiger partial charge in [0.15, 0.2) is 0 Å². The van der Waals surface area contributed by atoms with E-state index in [0.29, 0.717) is 6.42 Å². The molecule has 2 aromatic carbocycles. The van der Waals surface area contributed by atoms with Gasteiger partial charge in [-0.25, -0.2) is 0 Å². The Labute approximate surface area is 148 Å². The van der Waals surface area contributed by atoms with E-state index >= 15 is 0 Å². The minimum absolute atomic E-state index is 0.0324. The van der Waals surface area contributed by atoms with Crippen LogP contribution in [0.3, 0.4) is 0 Å². The van der Waals surface area contributed by atoms with E-state index in [4.69, 9.17) is 5.26 Å². The van der Waals surface area contributed by atoms with Crippen molar-refractivity contribution >= 4 is 17.1 Å². The molecule has 3 aromatic rings. The Balaban J connectivity index is 1.91. The van der Waals surface area contributed by atoms with Crippen molar-refractivity contribution in [2.75, 3.05) is 10.6 Å². The third kappa shape index (κ3) is 3.13. The first-order chi connectivity index (χ1) is 12.5. The lowest BCUT2D eigenvalue weighted by Gasteiger charge is -2.21. The number of pyridine rings is 1. The molecule has 0 aliphatic rings. The number of H-pyrrole nitrogens is 1. The zero-order chi connectivity index (χ0) is 18.7. The fourth-order valence-corrected chi connectivity index (χ4v) is 2.71. The molecule has 0 fully saturated rings. The highest BCUT2D eigenvalue weighted by atomic mass is 16.2. The van der Waals surface area contributed by atoms with Crippen molar-refractivity contribution < 1.29 is 0 Å². The van der Waals surface area contributed by atoms with E-state index in [1.165, 1.54) is 12.3 Å². The third-order valence-corrected chi connectivity index (χ3v) is 4.13. The zero-order valence-corrected chi connectivity index (χ0v) is 14.0. The number of nitriles is 1. The predicted molar refractivity (Wildman–Crippen MR) is 99.5 cm³/mol. The smallest absolute Gasteiger partial charge is 0.271 e. The monoisotopic (exact) mass is 348 g/mol. The van der Waals surface area contributed by atoms with Crippen molar-refractivity contribution in [1.82, 2.24) is 4.98 Å². The van der Waals surface area contributed by atoms with Crippen molar-refractivity contribution in [2.45, 2.75) is 19.4 Å². The minimum Gasteiger partial charge on any atom is -0.373 e. The van der Waals surface area contributed by atoms with Crippen LogP contribution in [0.15, 0.2) is 57.0 Å². The molecule has 0 amide bonds. The quantitative estimate of drug-likeness (QED) is 0.588. The van der Waals surface area contributed by atoms with Gasteiger partial charge >= 0.3 is 0 Å². The predicted octanol–water partition coefficient (Wildman–Crippen LogP) is 2.15. The first kappa shape index (κ1) is 17.2. The van der Waals surface area contributed by atoms with Crippen LogP contribution in [0.2, 0.25) is 0 Å². The molecule has 1 heterocycles. The second-order valence-electron chi connectivity index (χ2n) is 5.79. The van der Waals surface area contributed by atoms with Gasteiger partial charge in [-0.1, -0.05) is 37.3 Å². The second-order valence-corrected chi connectivity index (χ2v) is 5.79. The Morgan fingerprint density at radius 1 is 1.12 bits per heavy atom. The summed E-state index contributed by atoms with van der Waals surface area (Å²) >= 11 is 0. The van der Waals surface area contributed by atoms with Crippen LogP contribution < -0.4 is 27.1 Å². The second kappa shape index (κ2) is 7.07. The normalized spacial score (nSPS) is 11.7. The molecule has 3 rings (SSSR count). The molecule has 3 N–H and O–H groups in total. The average Bonchev–Trinajstić information content (AvgIpc) is 2.69. The number of hydrogen-bond acceptors (Lipinski definition) is 6. The summed E-state index contributed by atoms with van der Waals surface area (Å²) in [5.74, 6) is 0. The molecule has 7 nitrogen and oxygen atoms in total. The molecule has 26 heavy (non-hydrogen) atoms. The van der Waals surface area contributed by atoms with Crippen LogP contribution in [0.25, 0.3) is 0 Å². The molecule has 0 saturated heterocycles. The number of benzene rings is 1. The lowest BCUT2D eigenvalue weighted by molar-refractivity contribution is 0.747. The van der Waals surface area contributed by atoms with Crippen LogP contribution in [0.1, 0.15) is 30.5 Å². The number of nitrogens with one attached hydrogen (secondary N) is 3. The van der Waals surface area contributed by atoms with Crippen molar-refractivity contribution in [1.29, 1.82) is 5.26 Å². The van der Waals surface area contributed by atoms with E-state index in [0.717, 1.165) is 5.56 Å². The van der Waals surface area contributed by atoms with E-state index in [2.05, 4.69) is 15.6 Å². The van der Waals surface area contributed by atoms with E-state index in [1.54, 1.807) is 0 Å². The van der Waals surface area contributed by atoms with Gasteiger partial charge in [-0.3, -0.25) is 14.4 Å². The summed E-state index contributed by atoms with van der Waals surface area (Å²) in [6.45, 7) is 1.96. The summed E-state index contributed by atoms with van der Waals surface area (Å²) in [5.41, 5.74) is -0.385. The average molecular weight is 348 g/mol. The number of anilines is 3. The number of rotatable bonds is 6. The van der Waals surface area contributed by atoms with Gasteiger partial charge in [0.2, 0.25) is 0 Å². The summed E-state index contributed by atoms with van der Waals surface area (Å²) < 4.78 is 0. The lowest BCUT2D eigenvalue weighted by Crippen LogP contribution is -2.38. The summed E-state index contributed by atoms with van der Waals surface area (Å²) in [6.07, 6.45) is 1.98. The van der Waals surface area contributed by atoms with E-state index < -0.39 is 16.4 Å². The molecular formula is C19H16N4O3. The molecule has 0 bridgehead atoms. The Hall–Kier alpha value is -3.66. The number of nitrogens with zero attached hydrogens (tertiary/aromatic N) is 1. The number of aromatic nitrogens is 1. The standard InChI is InChI=1S/C19H16N4O3/c1-2-13(12-6-4-3-5-7-12)22-15-16(18(25)17(15)24)23-14-8-11(9-20)10-21-19(14)26/h3-8,10,13,22-23H,2H2,1H3,(H,21,26). The van der Waals surface area contributed by atoms with Crippen molar-refractivity contribution in [3.05, 3.63) is 84.5 Å². The van der Waals surface area contributed by atoms with E-state index in [1.807, 2.05) is 43.3 Å². The maximum Gasteiger partial charge on any atom is 0.271 e. The highest BCUT2D eigenvalue weighted by Crippen LogP contribution is 2.26. The summed E-state index contributed by atoms with van der Waals surface area (Å²) in [6, 6.07) is 12.6. The van der Waals surface area contributed by atoms with Crippen molar-refractivity contribution in [3.8, 4) is 6.07 Å². The Bertz CT molecular complexity index is 1100. The molecule has 1 aromatic heterocycles. The maximum atomic E-state index is 12.0. The molecule has 1 unspecified atom stereocenters. The Morgan fingerprint density at radius 2 is 1.81 bits per heavy atom. The van der Waals surface area contributed by atoms with Gasteiger partial charge in [-0.05, 0) is 18.1 Å². The van der Waals surface area contributed by atoms with Gasteiger partial charge in [0.25, 0.3) is 16.4 Å². The first-order valence-corrected chi connectivity index (χ1v) is 8.09. The molecule has 130 valence electrons. The molecule has 0 spiro atoms. The molecule has 7 heteroatoms. The number of hydrogen-bond donors (Lipinski definition) is 3. The topological polar surface area (TPSA) is 115 Å². The van der Waals surface area contributed by atoms with Gasteiger partial charge in [-0.15, -0.1) is 0 Å². The van der Waals surface area contributed by atoms with Gasteiger partial charge in [-0.2, -0.15) is 5.26 Å². The molecular weight excluding hydrogens is 332 g/mol. The summed E-state index contributed by atoms with van der Waals surface area (Å²) in [7, 11) is 0. The van der Waals surface area contributed by atoms with Gasteiger partial charge < -0.3 is 15.6 Å². The third-order valence-electron chi connectivity index (χ3n) is 4.13. The fourth-order valence-electron chi connectivity index (χ4n) is 2.71. The summed E-state index contributed by atoms with van der Waals surface area (Å²) in [4.78, 5) is 38.3. The van der Waals surface area contributed by atoms with Gasteiger partial charge in [0.05, 0.1) is 11.6 Å². The molecule has 0 radical (unpaired) electrons. The highest BCUT2D eigenvalue weighted by Gasteiger charge is 2.24. The van der Waals surface area contributed by atoms with Crippen LogP contribution in [0, 0.1) is 11.3 Å². The Morgan fingerprint density at radius 3 is 2.46 bits per heavy atom. The van der Waals surface area contributed by atoms with Crippen LogP contribution in [0.4, 0.5) is 17.1 Å². The first-order valence-electron chi connectivity index (χ1n) is 8.09. The lowest BCUT2D eigenvalue weighted by atomic mass is 10.0. The van der Waals surface area contributed by atoms with Gasteiger partial charge in [0, 0.05) is 6.20 Å². The highest BCUT2D eigenvalue weighted by molar-refractivity contribution is 5.79. The van der Waals surface area contributed by atoms with Crippen LogP contribution in [-0.2, 0) is 0 Å². The molecule has 0 aliphatic carbocycles. The summed E-state index contributed by atoms with van der Waals surface area (Å²) in [5, 5.41) is 14.7. The zero-order valence-electron chi connectivity index (χ0n) is 14.0. The van der Waals surface area contributed by atoms with Crippen LogP contribution in [-0.4, -0.2) is 4.98 Å². The van der Waals surface area contributed by atoms with Crippen LogP contribution in [0.5, 0.6) is 0 Å². The minimum atomic E-state index is -0.697. The maximum absolute atomic E-state index is 12.0.